The molecule has 0 aliphatic heterocycles. The summed E-state index contributed by atoms with van der Waals surface area (Å²) in [5, 5.41) is 22.6. The van der Waals surface area contributed by atoms with Gasteiger partial charge in [0.15, 0.2) is 0 Å². The number of halogens is 1. The first kappa shape index (κ1) is 26.3. The Hall–Kier alpha value is -3.32. The van der Waals surface area contributed by atoms with E-state index < -0.39 is 40.8 Å². The van der Waals surface area contributed by atoms with E-state index in [1.54, 1.807) is 24.3 Å². The van der Waals surface area contributed by atoms with Gasteiger partial charge in [0, 0.05) is 21.3 Å². The second kappa shape index (κ2) is 10.5. The van der Waals surface area contributed by atoms with Crippen LogP contribution >= 0.6 is 22.6 Å². The number of hydrogen-bond acceptors (Lipinski definition) is 9. The molecule has 0 fully saturated rings. The van der Waals surface area contributed by atoms with Crippen LogP contribution in [-0.4, -0.2) is 36.7 Å². The predicted octanol–water partition coefficient (Wildman–Crippen LogP) is 4.25. The largest absolute Gasteiger partial charge is 0.295 e. The lowest BCUT2D eigenvalue weighted by molar-refractivity contribution is -0.384. The summed E-state index contributed by atoms with van der Waals surface area (Å²) in [5.41, 5.74) is 2.76. The number of nitro groups is 1. The monoisotopic (exact) mass is 631 g/mol. The summed E-state index contributed by atoms with van der Waals surface area (Å²) in [4.78, 5) is 8.52. The van der Waals surface area contributed by atoms with Crippen molar-refractivity contribution in [3.63, 3.8) is 0 Å². The van der Waals surface area contributed by atoms with Crippen LogP contribution in [0.3, 0.4) is 0 Å². The molecule has 35 heavy (non-hydrogen) atoms. The van der Waals surface area contributed by atoms with Gasteiger partial charge in [0.25, 0.3) is 25.9 Å². The van der Waals surface area contributed by atoms with Crippen molar-refractivity contribution in [1.29, 1.82) is 0 Å². The molecule has 0 aromatic heterocycles. The molecule has 0 heterocycles. The minimum absolute atomic E-state index is 0.153. The van der Waals surface area contributed by atoms with Gasteiger partial charge in [0.2, 0.25) is 5.84 Å². The minimum atomic E-state index is -5.01. The van der Waals surface area contributed by atoms with Gasteiger partial charge in [-0.15, -0.1) is 10.2 Å². The molecule has 0 amide bonds. The molecule has 13 nitrogen and oxygen atoms in total. The van der Waals surface area contributed by atoms with Crippen molar-refractivity contribution < 1.29 is 30.9 Å². The standard InChI is InChI=1S/C19H14IN5O8S2/c20-12-1-3-13(4-2-12)21-23-19(24-22-14-5-7-15(8-6-14)25(26)27)17-10-9-16(34(28,29)30)11-18(17)35(31,32)33/h1-11,21H,(H,28,29,30)(H,31,32,33)/b23-19+,24-22?. The molecule has 0 atom stereocenters. The molecule has 182 valence electrons. The van der Waals surface area contributed by atoms with E-state index in [2.05, 4.69) is 43.3 Å². The molecular weight excluding hydrogens is 617 g/mol. The van der Waals surface area contributed by atoms with Crippen molar-refractivity contribution in [2.45, 2.75) is 9.79 Å². The number of nitrogens with one attached hydrogen (secondary N) is 1. The molecule has 3 aromatic carbocycles. The number of hydrogen-bond donors (Lipinski definition) is 3. The van der Waals surface area contributed by atoms with E-state index in [4.69, 9.17) is 0 Å². The zero-order chi connectivity index (χ0) is 25.8. The minimum Gasteiger partial charge on any atom is -0.282 e. The van der Waals surface area contributed by atoms with Crippen molar-refractivity contribution in [3.05, 3.63) is 86.0 Å². The lowest BCUT2D eigenvalue weighted by atomic mass is 10.2. The van der Waals surface area contributed by atoms with Crippen LogP contribution in [0.15, 0.2) is 91.9 Å². The summed E-state index contributed by atoms with van der Waals surface area (Å²) in [6, 6.07) is 14.2. The summed E-state index contributed by atoms with van der Waals surface area (Å²) < 4.78 is 66.8. The lowest BCUT2D eigenvalue weighted by Crippen LogP contribution is -2.11. The van der Waals surface area contributed by atoms with Crippen LogP contribution in [0.1, 0.15) is 5.56 Å². The normalized spacial score (nSPS) is 12.6. The summed E-state index contributed by atoms with van der Waals surface area (Å²) in [6.07, 6.45) is 0. The maximum absolute atomic E-state index is 12.0. The molecule has 16 heteroatoms. The number of nitrogens with zero attached hydrogens (tertiary/aromatic N) is 4. The van der Waals surface area contributed by atoms with E-state index in [0.717, 1.165) is 15.7 Å². The van der Waals surface area contributed by atoms with E-state index in [1.807, 2.05) is 0 Å². The molecule has 0 saturated heterocycles. The third kappa shape index (κ3) is 7.09. The first-order valence-corrected chi connectivity index (χ1v) is 13.2. The van der Waals surface area contributed by atoms with Gasteiger partial charge in [-0.05, 0) is 77.2 Å². The summed E-state index contributed by atoms with van der Waals surface area (Å²) in [5.74, 6) is -0.392. The summed E-state index contributed by atoms with van der Waals surface area (Å²) in [6.45, 7) is 0. The maximum atomic E-state index is 12.0. The van der Waals surface area contributed by atoms with Gasteiger partial charge in [0.1, 0.15) is 4.90 Å². The predicted molar refractivity (Wildman–Crippen MR) is 133 cm³/mol. The highest BCUT2D eigenvalue weighted by Crippen LogP contribution is 2.24. The van der Waals surface area contributed by atoms with Crippen molar-refractivity contribution >= 4 is 65.7 Å². The van der Waals surface area contributed by atoms with Crippen molar-refractivity contribution in [2.24, 2.45) is 15.3 Å². The van der Waals surface area contributed by atoms with Crippen LogP contribution in [-0.2, 0) is 20.2 Å². The van der Waals surface area contributed by atoms with Crippen LogP contribution in [0, 0.1) is 13.7 Å². The average Bonchev–Trinajstić information content (AvgIpc) is 2.79. The number of rotatable bonds is 7. The number of azo groups is 1. The fraction of sp³-hybridized carbons (Fsp3) is 0. The molecule has 0 unspecified atom stereocenters. The average molecular weight is 631 g/mol. The number of non-ortho nitro benzene ring substituents is 1. The summed E-state index contributed by atoms with van der Waals surface area (Å²) in [7, 11) is -9.80. The Balaban J connectivity index is 2.12. The zero-order valence-corrected chi connectivity index (χ0v) is 21.0. The van der Waals surface area contributed by atoms with Crippen molar-refractivity contribution in [3.8, 4) is 0 Å². The van der Waals surface area contributed by atoms with Gasteiger partial charge in [-0.2, -0.15) is 21.9 Å². The molecule has 3 aromatic rings. The Morgan fingerprint density at radius 2 is 1.54 bits per heavy atom. The van der Waals surface area contributed by atoms with E-state index in [0.29, 0.717) is 11.8 Å². The van der Waals surface area contributed by atoms with Gasteiger partial charge < -0.3 is 0 Å². The number of nitro benzene ring substituents is 1. The maximum Gasteiger partial charge on any atom is 0.295 e. The van der Waals surface area contributed by atoms with Crippen LogP contribution in [0.2, 0.25) is 0 Å². The molecule has 0 aliphatic rings. The van der Waals surface area contributed by atoms with Gasteiger partial charge in [-0.25, -0.2) is 0 Å². The first-order chi connectivity index (χ1) is 16.3. The Morgan fingerprint density at radius 3 is 2.09 bits per heavy atom. The van der Waals surface area contributed by atoms with Crippen molar-refractivity contribution in [1.82, 2.24) is 0 Å². The van der Waals surface area contributed by atoms with E-state index in [1.165, 1.54) is 24.3 Å². The molecule has 3 rings (SSSR count). The fourth-order valence-electron chi connectivity index (χ4n) is 2.59. The third-order valence-corrected chi connectivity index (χ3v) is 6.69. The Bertz CT molecular complexity index is 1540. The quantitative estimate of drug-likeness (QED) is 0.0648. The highest BCUT2D eigenvalue weighted by atomic mass is 127. The first-order valence-electron chi connectivity index (χ1n) is 9.19. The highest BCUT2D eigenvalue weighted by Gasteiger charge is 2.23. The second-order valence-electron chi connectivity index (χ2n) is 6.64. The van der Waals surface area contributed by atoms with Gasteiger partial charge in [-0.3, -0.25) is 24.6 Å². The molecule has 0 aliphatic carbocycles. The van der Waals surface area contributed by atoms with E-state index in [9.17, 15) is 36.1 Å². The van der Waals surface area contributed by atoms with E-state index >= 15 is 0 Å². The SMILES string of the molecule is O=[N+]([O-])c1ccc(N=N/C(=N/Nc2ccc(I)cc2)c2ccc(S(=O)(=O)O)cc2S(=O)(=O)O)cc1. The number of hydrazone groups is 1. The molecule has 3 N–H and O–H groups in total. The zero-order valence-electron chi connectivity index (χ0n) is 17.2. The second-order valence-corrected chi connectivity index (χ2v) is 10.7. The summed E-state index contributed by atoms with van der Waals surface area (Å²) >= 11 is 2.09. The molecular formula is C19H14IN5O8S2. The molecule has 0 radical (unpaired) electrons. The fourth-order valence-corrected chi connectivity index (χ4v) is 4.24. The van der Waals surface area contributed by atoms with Crippen LogP contribution in [0.4, 0.5) is 17.1 Å². The Kier molecular flexibility index (Phi) is 7.90. The number of benzene rings is 3. The van der Waals surface area contributed by atoms with Crippen LogP contribution in [0.25, 0.3) is 0 Å². The smallest absolute Gasteiger partial charge is 0.282 e. The Labute approximate surface area is 212 Å². The van der Waals surface area contributed by atoms with Crippen LogP contribution in [0.5, 0.6) is 0 Å². The van der Waals surface area contributed by atoms with Gasteiger partial charge >= 0.3 is 0 Å². The lowest BCUT2D eigenvalue weighted by Gasteiger charge is -2.09. The number of amidine groups is 1. The van der Waals surface area contributed by atoms with Gasteiger partial charge in [-0.1, -0.05) is 0 Å². The molecule has 0 bridgehead atoms. The van der Waals surface area contributed by atoms with E-state index in [-0.39, 0.29) is 16.9 Å². The van der Waals surface area contributed by atoms with Crippen molar-refractivity contribution in [2.75, 3.05) is 5.43 Å². The van der Waals surface area contributed by atoms with Crippen LogP contribution < -0.4 is 5.43 Å². The highest BCUT2D eigenvalue weighted by molar-refractivity contribution is 14.1. The molecule has 0 saturated carbocycles. The molecule has 0 spiro atoms. The Morgan fingerprint density at radius 1 is 0.914 bits per heavy atom. The number of anilines is 1. The third-order valence-electron chi connectivity index (χ3n) is 4.23. The topological polar surface area (TPSA) is 201 Å². The van der Waals surface area contributed by atoms with Gasteiger partial charge in [0.05, 0.1) is 21.2 Å².